The predicted octanol–water partition coefficient (Wildman–Crippen LogP) is 1.94. The zero-order valence-corrected chi connectivity index (χ0v) is 11.5. The molecule has 20 heavy (non-hydrogen) atoms. The minimum absolute atomic E-state index is 0.291. The summed E-state index contributed by atoms with van der Waals surface area (Å²) in [6.45, 7) is 3.31. The predicted molar refractivity (Wildman–Crippen MR) is 74.4 cm³/mol. The number of H-pyrrole nitrogens is 1. The van der Waals surface area contributed by atoms with Crippen molar-refractivity contribution in [1.29, 1.82) is 0 Å². The van der Waals surface area contributed by atoms with Crippen LogP contribution in [0.1, 0.15) is 31.4 Å². The Morgan fingerprint density at radius 1 is 1.30 bits per heavy atom. The second kappa shape index (κ2) is 5.09. The largest absolute Gasteiger partial charge is 0.480 e. The summed E-state index contributed by atoms with van der Waals surface area (Å²) >= 11 is 0. The molecule has 0 aliphatic rings. The van der Waals surface area contributed by atoms with Crippen LogP contribution in [-0.4, -0.2) is 32.0 Å². The van der Waals surface area contributed by atoms with E-state index in [-0.39, 0.29) is 0 Å². The lowest BCUT2D eigenvalue weighted by Gasteiger charge is -2.41. The van der Waals surface area contributed by atoms with E-state index in [9.17, 15) is 15.0 Å². The Kier molecular flexibility index (Phi) is 3.63. The molecule has 0 amide bonds. The Morgan fingerprint density at radius 2 is 1.95 bits per heavy atom. The summed E-state index contributed by atoms with van der Waals surface area (Å²) in [5.41, 5.74) is -2.05. The third kappa shape index (κ3) is 1.91. The van der Waals surface area contributed by atoms with E-state index in [1.807, 2.05) is 6.07 Å². The third-order valence-electron chi connectivity index (χ3n) is 3.96. The van der Waals surface area contributed by atoms with Gasteiger partial charge in [-0.3, -0.25) is 9.89 Å². The van der Waals surface area contributed by atoms with Crippen molar-refractivity contribution in [3.05, 3.63) is 53.9 Å². The normalized spacial score (nSPS) is 17.1. The highest BCUT2D eigenvalue weighted by Crippen LogP contribution is 2.43. The van der Waals surface area contributed by atoms with E-state index in [1.165, 1.54) is 12.4 Å². The maximum atomic E-state index is 12.1. The van der Waals surface area contributed by atoms with Crippen LogP contribution in [0.3, 0.4) is 0 Å². The van der Waals surface area contributed by atoms with E-state index in [2.05, 4.69) is 10.2 Å². The standard InChI is InChI=1S/C15H18N2O3/c1-3-14(2,20)15(13(18)19,12-9-16-17-10-12)11-7-5-4-6-8-11/h4-10,20H,3H2,1-2H3,(H,16,17)(H,18,19). The highest BCUT2D eigenvalue weighted by molar-refractivity contribution is 5.87. The van der Waals surface area contributed by atoms with Crippen LogP contribution >= 0.6 is 0 Å². The van der Waals surface area contributed by atoms with Gasteiger partial charge < -0.3 is 10.2 Å². The Balaban J connectivity index is 2.80. The van der Waals surface area contributed by atoms with E-state index < -0.39 is 17.0 Å². The van der Waals surface area contributed by atoms with Gasteiger partial charge in [-0.25, -0.2) is 0 Å². The molecule has 0 spiro atoms. The lowest BCUT2D eigenvalue weighted by molar-refractivity contribution is -0.152. The Morgan fingerprint density at radius 3 is 2.40 bits per heavy atom. The molecule has 5 nitrogen and oxygen atoms in total. The maximum Gasteiger partial charge on any atom is 0.321 e. The quantitative estimate of drug-likeness (QED) is 0.777. The molecule has 0 saturated heterocycles. The fraction of sp³-hybridized carbons (Fsp3) is 0.333. The molecular weight excluding hydrogens is 256 g/mol. The minimum Gasteiger partial charge on any atom is -0.480 e. The molecule has 2 atom stereocenters. The Hall–Kier alpha value is -2.14. The number of rotatable bonds is 5. The summed E-state index contributed by atoms with van der Waals surface area (Å²) in [7, 11) is 0. The van der Waals surface area contributed by atoms with Crippen molar-refractivity contribution >= 4 is 5.97 Å². The van der Waals surface area contributed by atoms with Crippen LogP contribution in [0, 0.1) is 0 Å². The average Bonchev–Trinajstić information content (AvgIpc) is 2.94. The number of benzene rings is 1. The highest BCUT2D eigenvalue weighted by Gasteiger charge is 2.55. The van der Waals surface area contributed by atoms with E-state index >= 15 is 0 Å². The van der Waals surface area contributed by atoms with Crippen molar-refractivity contribution < 1.29 is 15.0 Å². The lowest BCUT2D eigenvalue weighted by Crippen LogP contribution is -2.55. The van der Waals surface area contributed by atoms with Gasteiger partial charge in [0.15, 0.2) is 0 Å². The third-order valence-corrected chi connectivity index (χ3v) is 3.96. The summed E-state index contributed by atoms with van der Waals surface area (Å²) in [6.07, 6.45) is 3.26. The zero-order valence-electron chi connectivity index (χ0n) is 11.5. The lowest BCUT2D eigenvalue weighted by atomic mass is 9.63. The van der Waals surface area contributed by atoms with Crippen molar-refractivity contribution in [2.24, 2.45) is 0 Å². The number of carbonyl (C=O) groups is 1. The van der Waals surface area contributed by atoms with Gasteiger partial charge in [-0.1, -0.05) is 37.3 Å². The molecule has 106 valence electrons. The SMILES string of the molecule is CCC(C)(O)C(C(=O)O)(c1ccccc1)c1cn[nH]c1. The van der Waals surface area contributed by atoms with Gasteiger partial charge in [0, 0.05) is 11.8 Å². The number of aromatic amines is 1. The van der Waals surface area contributed by atoms with Crippen LogP contribution in [-0.2, 0) is 10.2 Å². The fourth-order valence-electron chi connectivity index (χ4n) is 2.68. The van der Waals surface area contributed by atoms with Gasteiger partial charge in [0.05, 0.1) is 11.8 Å². The van der Waals surface area contributed by atoms with Crippen LogP contribution in [0.4, 0.5) is 0 Å². The summed E-state index contributed by atoms with van der Waals surface area (Å²) in [5.74, 6) is -1.10. The van der Waals surface area contributed by atoms with E-state index in [1.54, 1.807) is 38.1 Å². The van der Waals surface area contributed by atoms with Crippen LogP contribution < -0.4 is 0 Å². The number of carboxylic acids is 1. The van der Waals surface area contributed by atoms with Crippen molar-refractivity contribution in [1.82, 2.24) is 10.2 Å². The monoisotopic (exact) mass is 274 g/mol. The van der Waals surface area contributed by atoms with Crippen molar-refractivity contribution in [2.75, 3.05) is 0 Å². The van der Waals surface area contributed by atoms with Gasteiger partial charge in [0.25, 0.3) is 0 Å². The Bertz CT molecular complexity index is 578. The molecule has 1 heterocycles. The molecule has 3 N–H and O–H groups in total. The molecule has 0 radical (unpaired) electrons. The number of hydrogen-bond acceptors (Lipinski definition) is 3. The number of aliphatic hydroxyl groups is 1. The molecular formula is C15H18N2O3. The average molecular weight is 274 g/mol. The van der Waals surface area contributed by atoms with Crippen molar-refractivity contribution in [3.8, 4) is 0 Å². The molecule has 1 aromatic heterocycles. The molecule has 2 rings (SSSR count). The number of aromatic nitrogens is 2. The second-order valence-corrected chi connectivity index (χ2v) is 5.04. The minimum atomic E-state index is -1.56. The van der Waals surface area contributed by atoms with E-state index in [0.717, 1.165) is 0 Å². The molecule has 0 aliphatic carbocycles. The number of carboxylic acid groups (broad SMARTS) is 1. The first kappa shape index (κ1) is 14.3. The molecule has 0 saturated carbocycles. The first-order valence-electron chi connectivity index (χ1n) is 6.47. The fourth-order valence-corrected chi connectivity index (χ4v) is 2.68. The van der Waals surface area contributed by atoms with Gasteiger partial charge in [0.1, 0.15) is 5.41 Å². The number of aliphatic carboxylic acids is 1. The molecule has 0 fully saturated rings. The number of nitrogens with one attached hydrogen (secondary N) is 1. The summed E-state index contributed by atoms with van der Waals surface area (Å²) in [5, 5.41) is 27.2. The molecule has 1 aromatic carbocycles. The van der Waals surface area contributed by atoms with E-state index in [0.29, 0.717) is 17.5 Å². The van der Waals surface area contributed by atoms with Crippen LogP contribution in [0.15, 0.2) is 42.7 Å². The van der Waals surface area contributed by atoms with Gasteiger partial charge in [-0.05, 0) is 18.9 Å². The molecule has 0 aliphatic heterocycles. The Labute approximate surface area is 117 Å². The number of hydrogen-bond donors (Lipinski definition) is 3. The first-order valence-corrected chi connectivity index (χ1v) is 6.47. The summed E-state index contributed by atoms with van der Waals surface area (Å²) in [4.78, 5) is 12.1. The van der Waals surface area contributed by atoms with Crippen LogP contribution in [0.2, 0.25) is 0 Å². The highest BCUT2D eigenvalue weighted by atomic mass is 16.4. The molecule has 5 heteroatoms. The van der Waals surface area contributed by atoms with Gasteiger partial charge in [-0.2, -0.15) is 5.10 Å². The van der Waals surface area contributed by atoms with E-state index in [4.69, 9.17) is 0 Å². The smallest absolute Gasteiger partial charge is 0.321 e. The second-order valence-electron chi connectivity index (χ2n) is 5.04. The molecule has 2 aromatic rings. The van der Waals surface area contributed by atoms with Gasteiger partial charge >= 0.3 is 5.97 Å². The summed E-state index contributed by atoms with van der Waals surface area (Å²) < 4.78 is 0. The van der Waals surface area contributed by atoms with Gasteiger partial charge in [-0.15, -0.1) is 0 Å². The topological polar surface area (TPSA) is 86.2 Å². The first-order chi connectivity index (χ1) is 9.46. The molecule has 0 bridgehead atoms. The molecule has 2 unspecified atom stereocenters. The number of nitrogens with zero attached hydrogens (tertiary/aromatic N) is 1. The maximum absolute atomic E-state index is 12.1. The van der Waals surface area contributed by atoms with Crippen molar-refractivity contribution in [3.63, 3.8) is 0 Å². The zero-order chi connectivity index (χ0) is 14.8. The van der Waals surface area contributed by atoms with Crippen LogP contribution in [0.25, 0.3) is 0 Å². The van der Waals surface area contributed by atoms with Gasteiger partial charge in [0.2, 0.25) is 0 Å². The van der Waals surface area contributed by atoms with Crippen molar-refractivity contribution in [2.45, 2.75) is 31.3 Å². The summed E-state index contributed by atoms with van der Waals surface area (Å²) in [6, 6.07) is 8.76. The van der Waals surface area contributed by atoms with Crippen LogP contribution in [0.5, 0.6) is 0 Å².